The molecule has 0 aliphatic rings. The second-order valence-corrected chi connectivity index (χ2v) is 5.13. The molecular weight excluding hydrogens is 296 g/mol. The molecule has 0 saturated heterocycles. The van der Waals surface area contributed by atoms with Crippen molar-refractivity contribution in [2.45, 2.75) is 26.1 Å². The highest BCUT2D eigenvalue weighted by Gasteiger charge is 2.16. The summed E-state index contributed by atoms with van der Waals surface area (Å²) in [4.78, 5) is 24.2. The molecule has 0 spiro atoms. The first-order valence-electron chi connectivity index (χ1n) is 7.29. The van der Waals surface area contributed by atoms with Crippen LogP contribution >= 0.6 is 0 Å². The largest absolute Gasteiger partial charge is 0.467 e. The first-order chi connectivity index (χ1) is 11.1. The van der Waals surface area contributed by atoms with Gasteiger partial charge in [-0.2, -0.15) is 0 Å². The summed E-state index contributed by atoms with van der Waals surface area (Å²) in [7, 11) is 1.60. The summed E-state index contributed by atoms with van der Waals surface area (Å²) >= 11 is 0. The number of amides is 2. The molecule has 6 heteroatoms. The number of nitrogens with one attached hydrogen (secondary N) is 2. The molecule has 0 radical (unpaired) electrons. The Morgan fingerprint density at radius 1 is 1.26 bits per heavy atom. The van der Waals surface area contributed by atoms with Gasteiger partial charge in [-0.1, -0.05) is 12.1 Å². The predicted molar refractivity (Wildman–Crippen MR) is 84.6 cm³/mol. The SMILES string of the molecule is COCc1cccc(C(=O)NC(C)C(=O)NCc2ccco2)c1. The number of hydrogen-bond donors (Lipinski definition) is 2. The van der Waals surface area contributed by atoms with Crippen molar-refractivity contribution in [3.63, 3.8) is 0 Å². The lowest BCUT2D eigenvalue weighted by molar-refractivity contribution is -0.122. The second kappa shape index (κ2) is 8.14. The van der Waals surface area contributed by atoms with Crippen molar-refractivity contribution in [3.05, 3.63) is 59.5 Å². The zero-order chi connectivity index (χ0) is 16.7. The van der Waals surface area contributed by atoms with Gasteiger partial charge in [-0.25, -0.2) is 0 Å². The van der Waals surface area contributed by atoms with E-state index in [1.54, 1.807) is 50.6 Å². The number of ether oxygens (including phenoxy) is 1. The van der Waals surface area contributed by atoms with E-state index < -0.39 is 6.04 Å². The van der Waals surface area contributed by atoms with Crippen LogP contribution in [-0.4, -0.2) is 25.0 Å². The monoisotopic (exact) mass is 316 g/mol. The summed E-state index contributed by atoms with van der Waals surface area (Å²) in [6.07, 6.45) is 1.54. The van der Waals surface area contributed by atoms with Crippen molar-refractivity contribution in [2.75, 3.05) is 7.11 Å². The van der Waals surface area contributed by atoms with Gasteiger partial charge in [0.2, 0.25) is 5.91 Å². The van der Waals surface area contributed by atoms with E-state index in [1.165, 1.54) is 0 Å². The van der Waals surface area contributed by atoms with Crippen molar-refractivity contribution in [3.8, 4) is 0 Å². The van der Waals surface area contributed by atoms with Crippen LogP contribution in [0.15, 0.2) is 47.1 Å². The highest BCUT2D eigenvalue weighted by Crippen LogP contribution is 2.07. The minimum Gasteiger partial charge on any atom is -0.467 e. The molecule has 1 atom stereocenters. The number of carbonyl (C=O) groups is 2. The second-order valence-electron chi connectivity index (χ2n) is 5.13. The Balaban J connectivity index is 1.88. The van der Waals surface area contributed by atoms with Crippen LogP contribution in [0.5, 0.6) is 0 Å². The Labute approximate surface area is 134 Å². The molecule has 0 saturated carbocycles. The molecule has 0 aliphatic carbocycles. The average molecular weight is 316 g/mol. The number of carbonyl (C=O) groups excluding carboxylic acids is 2. The van der Waals surface area contributed by atoms with Gasteiger partial charge in [-0.15, -0.1) is 0 Å². The number of rotatable bonds is 7. The molecule has 2 amide bonds. The van der Waals surface area contributed by atoms with Gasteiger partial charge in [0.25, 0.3) is 5.91 Å². The number of methoxy groups -OCH3 is 1. The van der Waals surface area contributed by atoms with E-state index in [0.29, 0.717) is 17.9 Å². The Hall–Kier alpha value is -2.60. The molecule has 0 bridgehead atoms. The van der Waals surface area contributed by atoms with E-state index in [0.717, 1.165) is 5.56 Å². The van der Waals surface area contributed by atoms with E-state index in [4.69, 9.17) is 9.15 Å². The summed E-state index contributed by atoms with van der Waals surface area (Å²) < 4.78 is 10.2. The van der Waals surface area contributed by atoms with Crippen LogP contribution in [0.25, 0.3) is 0 Å². The highest BCUT2D eigenvalue weighted by molar-refractivity contribution is 5.97. The summed E-state index contributed by atoms with van der Waals surface area (Å²) in [6.45, 7) is 2.35. The Morgan fingerprint density at radius 3 is 2.78 bits per heavy atom. The van der Waals surface area contributed by atoms with Crippen LogP contribution in [0, 0.1) is 0 Å². The molecule has 1 aromatic carbocycles. The summed E-state index contributed by atoms with van der Waals surface area (Å²) in [5.41, 5.74) is 1.39. The van der Waals surface area contributed by atoms with Crippen LogP contribution in [-0.2, 0) is 22.7 Å². The van der Waals surface area contributed by atoms with Gasteiger partial charge in [0.05, 0.1) is 19.4 Å². The zero-order valence-corrected chi connectivity index (χ0v) is 13.2. The lowest BCUT2D eigenvalue weighted by Gasteiger charge is -2.14. The fourth-order valence-corrected chi connectivity index (χ4v) is 2.06. The molecule has 1 aromatic heterocycles. The fraction of sp³-hybridized carbons (Fsp3) is 0.294. The topological polar surface area (TPSA) is 80.6 Å². The van der Waals surface area contributed by atoms with E-state index in [1.807, 2.05) is 6.07 Å². The smallest absolute Gasteiger partial charge is 0.251 e. The molecule has 1 unspecified atom stereocenters. The average Bonchev–Trinajstić information content (AvgIpc) is 3.06. The van der Waals surface area contributed by atoms with Crippen LogP contribution in [0.2, 0.25) is 0 Å². The maximum Gasteiger partial charge on any atom is 0.251 e. The molecule has 23 heavy (non-hydrogen) atoms. The molecule has 0 fully saturated rings. The normalized spacial score (nSPS) is 11.7. The number of benzene rings is 1. The van der Waals surface area contributed by atoms with Gasteiger partial charge in [-0.05, 0) is 36.8 Å². The Bertz CT molecular complexity index is 652. The number of hydrogen-bond acceptors (Lipinski definition) is 4. The van der Waals surface area contributed by atoms with Crippen LogP contribution in [0.1, 0.15) is 28.6 Å². The quantitative estimate of drug-likeness (QED) is 0.817. The molecule has 2 rings (SSSR count). The molecule has 2 aromatic rings. The summed E-state index contributed by atoms with van der Waals surface area (Å²) in [5, 5.41) is 5.38. The maximum atomic E-state index is 12.2. The van der Waals surface area contributed by atoms with Crippen molar-refractivity contribution in [1.82, 2.24) is 10.6 Å². The van der Waals surface area contributed by atoms with Gasteiger partial charge in [0.15, 0.2) is 0 Å². The molecule has 122 valence electrons. The van der Waals surface area contributed by atoms with E-state index in [9.17, 15) is 9.59 Å². The van der Waals surface area contributed by atoms with Gasteiger partial charge < -0.3 is 19.8 Å². The highest BCUT2D eigenvalue weighted by atomic mass is 16.5. The maximum absolute atomic E-state index is 12.2. The third-order valence-corrected chi connectivity index (χ3v) is 3.26. The van der Waals surface area contributed by atoms with Crippen molar-refractivity contribution < 1.29 is 18.7 Å². The standard InChI is InChI=1S/C17H20N2O4/c1-12(16(20)18-10-15-7-4-8-23-15)19-17(21)14-6-3-5-13(9-14)11-22-2/h3-9,12H,10-11H2,1-2H3,(H,18,20)(H,19,21). The molecular formula is C17H20N2O4. The van der Waals surface area contributed by atoms with Crippen molar-refractivity contribution in [1.29, 1.82) is 0 Å². The third kappa shape index (κ3) is 4.96. The molecule has 1 heterocycles. The van der Waals surface area contributed by atoms with E-state index in [2.05, 4.69) is 10.6 Å². The Kier molecular flexibility index (Phi) is 5.94. The van der Waals surface area contributed by atoms with Gasteiger partial charge in [0, 0.05) is 12.7 Å². The minimum atomic E-state index is -0.649. The van der Waals surface area contributed by atoms with Gasteiger partial charge in [-0.3, -0.25) is 9.59 Å². The Morgan fingerprint density at radius 2 is 2.09 bits per heavy atom. The molecule has 0 aliphatic heterocycles. The predicted octanol–water partition coefficient (Wildman–Crippen LogP) is 1.86. The first-order valence-corrected chi connectivity index (χ1v) is 7.29. The van der Waals surface area contributed by atoms with Gasteiger partial charge >= 0.3 is 0 Å². The summed E-state index contributed by atoms with van der Waals surface area (Å²) in [6, 6.07) is 9.97. The third-order valence-electron chi connectivity index (χ3n) is 3.26. The van der Waals surface area contributed by atoms with E-state index in [-0.39, 0.29) is 18.4 Å². The van der Waals surface area contributed by atoms with Crippen LogP contribution in [0.3, 0.4) is 0 Å². The summed E-state index contributed by atoms with van der Waals surface area (Å²) in [5.74, 6) is 0.0792. The van der Waals surface area contributed by atoms with E-state index >= 15 is 0 Å². The lowest BCUT2D eigenvalue weighted by atomic mass is 10.1. The molecule has 6 nitrogen and oxygen atoms in total. The zero-order valence-electron chi connectivity index (χ0n) is 13.2. The van der Waals surface area contributed by atoms with Crippen molar-refractivity contribution >= 4 is 11.8 Å². The first kappa shape index (κ1) is 16.8. The fourth-order valence-electron chi connectivity index (χ4n) is 2.06. The minimum absolute atomic E-state index is 0.275. The van der Waals surface area contributed by atoms with Crippen LogP contribution in [0.4, 0.5) is 0 Å². The number of furan rings is 1. The molecule has 2 N–H and O–H groups in total. The van der Waals surface area contributed by atoms with Crippen LogP contribution < -0.4 is 10.6 Å². The van der Waals surface area contributed by atoms with Crippen molar-refractivity contribution in [2.24, 2.45) is 0 Å². The lowest BCUT2D eigenvalue weighted by Crippen LogP contribution is -2.44. The van der Waals surface area contributed by atoms with Gasteiger partial charge in [0.1, 0.15) is 11.8 Å².